The van der Waals surface area contributed by atoms with Gasteiger partial charge in [-0.1, -0.05) is 12.1 Å². The molecule has 0 radical (unpaired) electrons. The fraction of sp³-hybridized carbons (Fsp3) is 0.222. The van der Waals surface area contributed by atoms with Crippen LogP contribution in [-0.2, 0) is 4.79 Å². The smallest absolute Gasteiger partial charge is 0.318 e. The van der Waals surface area contributed by atoms with Crippen LogP contribution < -0.4 is 5.73 Å². The van der Waals surface area contributed by atoms with E-state index in [0.717, 1.165) is 11.8 Å². The molecule has 3 N–H and O–H groups in total. The highest BCUT2D eigenvalue weighted by Gasteiger charge is 2.21. The predicted molar refractivity (Wildman–Crippen MR) is 59.4 cm³/mol. The maximum Gasteiger partial charge on any atom is 0.318 e. The molecule has 1 aromatic carbocycles. The van der Waals surface area contributed by atoms with Gasteiger partial charge in [-0.15, -0.1) is 11.8 Å². The monoisotopic (exact) mass is 242 g/mol. The lowest BCUT2D eigenvalue weighted by Gasteiger charge is -2.08. The van der Waals surface area contributed by atoms with Gasteiger partial charge in [0.15, 0.2) is 0 Å². The van der Waals surface area contributed by atoms with Crippen molar-refractivity contribution in [1.82, 2.24) is 0 Å². The number of carboxylic acid groups (broad SMARTS) is 1. The number of hydrogen-bond acceptors (Lipinski definition) is 5. The summed E-state index contributed by atoms with van der Waals surface area (Å²) in [6.07, 6.45) is 0. The second kappa shape index (κ2) is 5.47. The molecular weight excluding hydrogens is 232 g/mol. The Morgan fingerprint density at radius 3 is 2.69 bits per heavy atom. The highest BCUT2D eigenvalue weighted by atomic mass is 32.2. The van der Waals surface area contributed by atoms with E-state index < -0.39 is 16.1 Å². The van der Waals surface area contributed by atoms with Crippen LogP contribution in [0.1, 0.15) is 0 Å². The molecule has 0 fully saturated rings. The maximum absolute atomic E-state index is 10.7. The minimum Gasteiger partial charge on any atom is -0.480 e. The predicted octanol–water partition coefficient (Wildman–Crippen LogP) is 1.10. The van der Waals surface area contributed by atoms with Gasteiger partial charge in [-0.2, -0.15) is 0 Å². The van der Waals surface area contributed by atoms with Crippen molar-refractivity contribution >= 4 is 23.4 Å². The van der Waals surface area contributed by atoms with Crippen LogP contribution in [-0.4, -0.2) is 27.8 Å². The Labute approximate surface area is 95.6 Å². The SMILES string of the molecule is NCC(Sc1ccccc1[N+](=O)[O-])C(=O)O. The van der Waals surface area contributed by atoms with Gasteiger partial charge in [-0.05, 0) is 6.07 Å². The minimum absolute atomic E-state index is 0.0773. The number of nitro benzene ring substituents is 1. The van der Waals surface area contributed by atoms with E-state index in [1.54, 1.807) is 6.07 Å². The summed E-state index contributed by atoms with van der Waals surface area (Å²) < 4.78 is 0. The summed E-state index contributed by atoms with van der Waals surface area (Å²) in [5.74, 6) is -1.08. The second-order valence-corrected chi connectivity index (χ2v) is 4.15. The third kappa shape index (κ3) is 2.94. The Bertz CT molecular complexity index is 410. The van der Waals surface area contributed by atoms with Crippen molar-refractivity contribution in [2.24, 2.45) is 5.73 Å². The number of nitro groups is 1. The molecule has 1 aromatic rings. The number of carbonyl (C=O) groups is 1. The van der Waals surface area contributed by atoms with Crippen LogP contribution >= 0.6 is 11.8 Å². The van der Waals surface area contributed by atoms with E-state index in [9.17, 15) is 14.9 Å². The molecule has 86 valence electrons. The van der Waals surface area contributed by atoms with Crippen molar-refractivity contribution in [3.63, 3.8) is 0 Å². The van der Waals surface area contributed by atoms with Gasteiger partial charge < -0.3 is 10.8 Å². The molecule has 1 rings (SSSR count). The average Bonchev–Trinajstić information content (AvgIpc) is 2.25. The zero-order valence-electron chi connectivity index (χ0n) is 8.20. The van der Waals surface area contributed by atoms with Crippen LogP contribution in [0.5, 0.6) is 0 Å². The number of hydrogen-bond donors (Lipinski definition) is 2. The lowest BCUT2D eigenvalue weighted by molar-refractivity contribution is -0.387. The van der Waals surface area contributed by atoms with Gasteiger partial charge >= 0.3 is 5.97 Å². The molecule has 7 heteroatoms. The Morgan fingerprint density at radius 1 is 1.56 bits per heavy atom. The molecule has 6 nitrogen and oxygen atoms in total. The first-order valence-corrected chi connectivity index (χ1v) is 5.27. The Kier molecular flexibility index (Phi) is 4.27. The van der Waals surface area contributed by atoms with Gasteiger partial charge in [0.2, 0.25) is 0 Å². The zero-order valence-corrected chi connectivity index (χ0v) is 9.02. The molecular formula is C9H10N2O4S. The topological polar surface area (TPSA) is 106 Å². The third-order valence-electron chi connectivity index (χ3n) is 1.82. The lowest BCUT2D eigenvalue weighted by atomic mass is 10.3. The molecule has 0 aliphatic carbocycles. The number of para-hydroxylation sites is 1. The van der Waals surface area contributed by atoms with Gasteiger partial charge in [0.25, 0.3) is 5.69 Å². The Morgan fingerprint density at radius 2 is 2.19 bits per heavy atom. The first-order valence-electron chi connectivity index (χ1n) is 4.39. The van der Waals surface area contributed by atoms with Crippen LogP contribution in [0.4, 0.5) is 5.69 Å². The first kappa shape index (κ1) is 12.5. The maximum atomic E-state index is 10.7. The van der Waals surface area contributed by atoms with Crippen LogP contribution in [0.2, 0.25) is 0 Å². The number of nitrogens with zero attached hydrogens (tertiary/aromatic N) is 1. The van der Waals surface area contributed by atoms with Gasteiger partial charge in [0, 0.05) is 12.6 Å². The largest absolute Gasteiger partial charge is 0.480 e. The number of rotatable bonds is 5. The Balaban J connectivity index is 2.95. The summed E-state index contributed by atoms with van der Waals surface area (Å²) in [5, 5.41) is 18.6. The highest BCUT2D eigenvalue weighted by molar-refractivity contribution is 8.00. The molecule has 0 aliphatic heterocycles. The molecule has 0 spiro atoms. The van der Waals surface area contributed by atoms with Gasteiger partial charge in [-0.3, -0.25) is 14.9 Å². The van der Waals surface area contributed by atoms with E-state index in [-0.39, 0.29) is 12.2 Å². The number of nitrogens with two attached hydrogens (primary N) is 1. The van der Waals surface area contributed by atoms with Crippen molar-refractivity contribution in [2.75, 3.05) is 6.54 Å². The number of benzene rings is 1. The van der Waals surface area contributed by atoms with Gasteiger partial charge in [0.05, 0.1) is 9.82 Å². The van der Waals surface area contributed by atoms with Crippen LogP contribution in [0.3, 0.4) is 0 Å². The summed E-state index contributed by atoms with van der Waals surface area (Å²) >= 11 is 0.886. The molecule has 0 saturated heterocycles. The molecule has 0 aliphatic rings. The summed E-state index contributed by atoms with van der Waals surface area (Å²) in [6.45, 7) is -0.0773. The van der Waals surface area contributed by atoms with Crippen molar-refractivity contribution in [1.29, 1.82) is 0 Å². The number of carboxylic acids is 1. The average molecular weight is 242 g/mol. The van der Waals surface area contributed by atoms with Crippen LogP contribution in [0.15, 0.2) is 29.2 Å². The summed E-state index contributed by atoms with van der Waals surface area (Å²) in [7, 11) is 0. The van der Waals surface area contributed by atoms with Crippen LogP contribution in [0.25, 0.3) is 0 Å². The molecule has 0 bridgehead atoms. The number of aliphatic carboxylic acids is 1. The molecule has 1 unspecified atom stereocenters. The molecule has 0 aromatic heterocycles. The quantitative estimate of drug-likeness (QED) is 0.455. The van der Waals surface area contributed by atoms with Crippen molar-refractivity contribution in [3.8, 4) is 0 Å². The Hall–Kier alpha value is -1.60. The van der Waals surface area contributed by atoms with E-state index >= 15 is 0 Å². The summed E-state index contributed by atoms with van der Waals surface area (Å²) in [6, 6.07) is 5.98. The fourth-order valence-corrected chi connectivity index (χ4v) is 1.98. The molecule has 1 atom stereocenters. The summed E-state index contributed by atoms with van der Waals surface area (Å²) in [5.41, 5.74) is 5.17. The van der Waals surface area contributed by atoms with Crippen molar-refractivity contribution in [3.05, 3.63) is 34.4 Å². The van der Waals surface area contributed by atoms with E-state index in [4.69, 9.17) is 10.8 Å². The second-order valence-electron chi connectivity index (χ2n) is 2.91. The zero-order chi connectivity index (χ0) is 12.1. The van der Waals surface area contributed by atoms with E-state index in [2.05, 4.69) is 0 Å². The normalized spacial score (nSPS) is 12.1. The first-order chi connectivity index (χ1) is 7.56. The minimum atomic E-state index is -1.08. The fourth-order valence-electron chi connectivity index (χ4n) is 1.06. The van der Waals surface area contributed by atoms with E-state index in [1.165, 1.54) is 18.2 Å². The molecule has 0 amide bonds. The lowest BCUT2D eigenvalue weighted by Crippen LogP contribution is -2.25. The van der Waals surface area contributed by atoms with E-state index in [0.29, 0.717) is 4.90 Å². The van der Waals surface area contributed by atoms with Gasteiger partial charge in [-0.25, -0.2) is 0 Å². The molecule has 16 heavy (non-hydrogen) atoms. The third-order valence-corrected chi connectivity index (χ3v) is 3.10. The summed E-state index contributed by atoms with van der Waals surface area (Å²) in [4.78, 5) is 21.2. The molecule has 0 heterocycles. The molecule has 0 saturated carbocycles. The van der Waals surface area contributed by atoms with E-state index in [1.807, 2.05) is 0 Å². The van der Waals surface area contributed by atoms with Crippen molar-refractivity contribution < 1.29 is 14.8 Å². The standard InChI is InChI=1S/C9H10N2O4S/c10-5-8(9(12)13)16-7-4-2-1-3-6(7)11(14)15/h1-4,8H,5,10H2,(H,12,13). The highest BCUT2D eigenvalue weighted by Crippen LogP contribution is 2.31. The van der Waals surface area contributed by atoms with Gasteiger partial charge in [0.1, 0.15) is 5.25 Å². The number of thioether (sulfide) groups is 1. The van der Waals surface area contributed by atoms with Crippen molar-refractivity contribution in [2.45, 2.75) is 10.1 Å². The van der Waals surface area contributed by atoms with Crippen LogP contribution in [0, 0.1) is 10.1 Å².